The Bertz CT molecular complexity index is 401. The summed E-state index contributed by atoms with van der Waals surface area (Å²) in [6, 6.07) is 5.87. The lowest BCUT2D eigenvalue weighted by molar-refractivity contribution is -0.144. The van der Waals surface area contributed by atoms with Gasteiger partial charge in [0.15, 0.2) is 0 Å². The third-order valence-corrected chi connectivity index (χ3v) is 2.71. The maximum absolute atomic E-state index is 12.7. The second-order valence-corrected chi connectivity index (χ2v) is 5.27. The van der Waals surface area contributed by atoms with E-state index in [1.165, 1.54) is 12.1 Å². The first-order valence-electron chi connectivity index (χ1n) is 6.58. The summed E-state index contributed by atoms with van der Waals surface area (Å²) in [4.78, 5) is 11.7. The summed E-state index contributed by atoms with van der Waals surface area (Å²) in [5.41, 5.74) is 0.528. The molecule has 1 N–H and O–H groups in total. The number of hydrogen-bond acceptors (Lipinski definition) is 3. The number of hydrogen-bond donors (Lipinski definition) is 1. The fourth-order valence-corrected chi connectivity index (χ4v) is 1.60. The van der Waals surface area contributed by atoms with Gasteiger partial charge in [-0.15, -0.1) is 0 Å². The van der Waals surface area contributed by atoms with E-state index in [9.17, 15) is 9.18 Å². The maximum Gasteiger partial charge on any atom is 0.310 e. The lowest BCUT2D eigenvalue weighted by Crippen LogP contribution is -2.44. The van der Waals surface area contributed by atoms with Crippen LogP contribution in [0.15, 0.2) is 24.3 Å². The molecule has 1 aromatic carbocycles. The smallest absolute Gasteiger partial charge is 0.310 e. The molecule has 0 saturated carbocycles. The van der Waals surface area contributed by atoms with Gasteiger partial charge >= 0.3 is 5.97 Å². The minimum atomic E-state index is -0.304. The molecule has 0 aliphatic heterocycles. The third kappa shape index (κ3) is 6.34. The van der Waals surface area contributed by atoms with E-state index in [1.54, 1.807) is 12.1 Å². The van der Waals surface area contributed by atoms with Crippen molar-refractivity contribution >= 4 is 5.97 Å². The van der Waals surface area contributed by atoms with Crippen LogP contribution < -0.4 is 5.32 Å². The van der Waals surface area contributed by atoms with Crippen LogP contribution in [0.2, 0.25) is 0 Å². The first kappa shape index (κ1) is 15.6. The summed E-state index contributed by atoms with van der Waals surface area (Å²) in [5, 5.41) is 3.31. The molecule has 1 rings (SSSR count). The monoisotopic (exact) mass is 267 g/mol. The van der Waals surface area contributed by atoms with Gasteiger partial charge in [0, 0.05) is 5.54 Å². The van der Waals surface area contributed by atoms with Crippen molar-refractivity contribution in [3.63, 3.8) is 0 Å². The molecule has 0 fully saturated rings. The van der Waals surface area contributed by atoms with Gasteiger partial charge < -0.3 is 10.1 Å². The van der Waals surface area contributed by atoms with E-state index < -0.39 is 0 Å². The van der Waals surface area contributed by atoms with Gasteiger partial charge in [0.2, 0.25) is 0 Å². The fourth-order valence-electron chi connectivity index (χ4n) is 1.60. The summed E-state index contributed by atoms with van der Waals surface area (Å²) in [7, 11) is 0. The number of ether oxygens (including phenoxy) is 1. The van der Waals surface area contributed by atoms with Crippen LogP contribution in [0.3, 0.4) is 0 Å². The van der Waals surface area contributed by atoms with Crippen molar-refractivity contribution in [2.24, 2.45) is 0 Å². The van der Waals surface area contributed by atoms with E-state index in [4.69, 9.17) is 4.74 Å². The highest BCUT2D eigenvalue weighted by Gasteiger charge is 2.19. The molecule has 0 heterocycles. The standard InChI is InChI=1S/C15H22FNO2/c1-4-9-17-15(2,3)11-19-14(18)10-12-5-7-13(16)8-6-12/h5-8,17H,4,9-11H2,1-3H3. The Balaban J connectivity index is 2.37. The molecule has 0 spiro atoms. The Morgan fingerprint density at radius 2 is 1.95 bits per heavy atom. The van der Waals surface area contributed by atoms with E-state index >= 15 is 0 Å². The van der Waals surface area contributed by atoms with E-state index in [0.717, 1.165) is 18.5 Å². The zero-order valence-corrected chi connectivity index (χ0v) is 11.8. The van der Waals surface area contributed by atoms with Crippen molar-refractivity contribution in [1.82, 2.24) is 5.32 Å². The number of halogens is 1. The Labute approximate surface area is 114 Å². The number of carbonyl (C=O) groups is 1. The van der Waals surface area contributed by atoms with Gasteiger partial charge in [-0.25, -0.2) is 4.39 Å². The second-order valence-electron chi connectivity index (χ2n) is 5.27. The van der Waals surface area contributed by atoms with Crippen molar-refractivity contribution in [3.8, 4) is 0 Å². The van der Waals surface area contributed by atoms with Crippen molar-refractivity contribution in [1.29, 1.82) is 0 Å². The highest BCUT2D eigenvalue weighted by atomic mass is 19.1. The van der Waals surface area contributed by atoms with Crippen LogP contribution in [-0.2, 0) is 16.0 Å². The Hall–Kier alpha value is -1.42. The fraction of sp³-hybridized carbons (Fsp3) is 0.533. The molecular weight excluding hydrogens is 245 g/mol. The van der Waals surface area contributed by atoms with Crippen molar-refractivity contribution < 1.29 is 13.9 Å². The van der Waals surface area contributed by atoms with Gasteiger partial charge in [-0.2, -0.15) is 0 Å². The molecular formula is C15H22FNO2. The molecule has 106 valence electrons. The average Bonchev–Trinajstić information content (AvgIpc) is 2.37. The molecule has 0 unspecified atom stereocenters. The molecule has 0 aliphatic rings. The number of rotatable bonds is 7. The van der Waals surface area contributed by atoms with E-state index in [2.05, 4.69) is 12.2 Å². The highest BCUT2D eigenvalue weighted by molar-refractivity contribution is 5.72. The molecule has 0 saturated heterocycles. The van der Waals surface area contributed by atoms with Gasteiger partial charge in [0.05, 0.1) is 6.42 Å². The molecule has 0 aliphatic carbocycles. The molecule has 3 nitrogen and oxygen atoms in total. The van der Waals surface area contributed by atoms with Crippen LogP contribution in [-0.4, -0.2) is 24.7 Å². The number of carbonyl (C=O) groups excluding carboxylic acids is 1. The summed E-state index contributed by atoms with van der Waals surface area (Å²) >= 11 is 0. The van der Waals surface area contributed by atoms with Crippen LogP contribution in [0, 0.1) is 5.82 Å². The van der Waals surface area contributed by atoms with Gasteiger partial charge in [0.25, 0.3) is 0 Å². The van der Waals surface area contributed by atoms with E-state index in [1.807, 2.05) is 13.8 Å². The van der Waals surface area contributed by atoms with Crippen LogP contribution >= 0.6 is 0 Å². The minimum Gasteiger partial charge on any atom is -0.463 e. The van der Waals surface area contributed by atoms with Crippen LogP contribution in [0.4, 0.5) is 4.39 Å². The van der Waals surface area contributed by atoms with Crippen molar-refractivity contribution in [2.45, 2.75) is 39.2 Å². The third-order valence-electron chi connectivity index (χ3n) is 2.71. The summed E-state index contributed by atoms with van der Waals surface area (Å²) in [6.45, 7) is 7.29. The predicted octanol–water partition coefficient (Wildman–Crippen LogP) is 2.69. The van der Waals surface area contributed by atoms with Crippen molar-refractivity contribution in [2.75, 3.05) is 13.2 Å². The Morgan fingerprint density at radius 3 is 2.53 bits per heavy atom. The first-order valence-corrected chi connectivity index (χ1v) is 6.58. The summed E-state index contributed by atoms with van der Waals surface area (Å²) in [5.74, 6) is -0.597. The van der Waals surface area contributed by atoms with E-state index in [0.29, 0.717) is 6.61 Å². The molecule has 0 amide bonds. The lowest BCUT2D eigenvalue weighted by atomic mass is 10.1. The lowest BCUT2D eigenvalue weighted by Gasteiger charge is -2.25. The maximum atomic E-state index is 12.7. The predicted molar refractivity (Wildman–Crippen MR) is 73.4 cm³/mol. The number of benzene rings is 1. The van der Waals surface area contributed by atoms with Gasteiger partial charge in [-0.05, 0) is 44.5 Å². The number of nitrogens with one attached hydrogen (secondary N) is 1. The zero-order valence-electron chi connectivity index (χ0n) is 11.8. The Morgan fingerprint density at radius 1 is 1.32 bits per heavy atom. The molecule has 0 radical (unpaired) electrons. The van der Waals surface area contributed by atoms with E-state index in [-0.39, 0.29) is 23.7 Å². The minimum absolute atomic E-state index is 0.171. The SMILES string of the molecule is CCCNC(C)(C)COC(=O)Cc1ccc(F)cc1. The molecule has 19 heavy (non-hydrogen) atoms. The van der Waals surface area contributed by atoms with Crippen molar-refractivity contribution in [3.05, 3.63) is 35.6 Å². The Kier molecular flexibility index (Phi) is 5.96. The quantitative estimate of drug-likeness (QED) is 0.772. The average molecular weight is 267 g/mol. The molecule has 0 bridgehead atoms. The van der Waals surface area contributed by atoms with Crippen LogP contribution in [0.25, 0.3) is 0 Å². The second kappa shape index (κ2) is 7.24. The molecule has 4 heteroatoms. The molecule has 0 aromatic heterocycles. The molecule has 0 atom stereocenters. The highest BCUT2D eigenvalue weighted by Crippen LogP contribution is 2.07. The van der Waals surface area contributed by atoms with Gasteiger partial charge in [0.1, 0.15) is 12.4 Å². The summed E-state index contributed by atoms with van der Waals surface area (Å²) in [6.07, 6.45) is 1.21. The van der Waals surface area contributed by atoms with Crippen LogP contribution in [0.1, 0.15) is 32.8 Å². The number of esters is 1. The molecule has 1 aromatic rings. The van der Waals surface area contributed by atoms with Gasteiger partial charge in [-0.3, -0.25) is 4.79 Å². The summed E-state index contributed by atoms with van der Waals surface area (Å²) < 4.78 is 18.0. The first-order chi connectivity index (χ1) is 8.93. The van der Waals surface area contributed by atoms with Crippen LogP contribution in [0.5, 0.6) is 0 Å². The zero-order chi connectivity index (χ0) is 14.3. The topological polar surface area (TPSA) is 38.3 Å². The normalized spacial score (nSPS) is 11.4. The largest absolute Gasteiger partial charge is 0.463 e. The van der Waals surface area contributed by atoms with Gasteiger partial charge in [-0.1, -0.05) is 19.1 Å².